The zero-order valence-corrected chi connectivity index (χ0v) is 17.4. The number of amides is 1. The Bertz CT molecular complexity index is 1180. The first-order chi connectivity index (χ1) is 14.8. The lowest BCUT2D eigenvalue weighted by atomic mass is 10.2. The van der Waals surface area contributed by atoms with Crippen LogP contribution >= 0.6 is 0 Å². The third kappa shape index (κ3) is 6.09. The van der Waals surface area contributed by atoms with Gasteiger partial charge in [-0.25, -0.2) is 13.4 Å². The summed E-state index contributed by atoms with van der Waals surface area (Å²) in [7, 11) is -2.14. The Labute approximate surface area is 179 Å². The highest BCUT2D eigenvalue weighted by Crippen LogP contribution is 2.27. The molecule has 0 aliphatic rings. The number of benzene rings is 2. The summed E-state index contributed by atoms with van der Waals surface area (Å²) < 4.78 is 32.3. The Morgan fingerprint density at radius 3 is 2.45 bits per heavy atom. The monoisotopic (exact) mass is 443 g/mol. The molecular weight excluding hydrogens is 422 g/mol. The Morgan fingerprint density at radius 1 is 1.03 bits per heavy atom. The third-order valence-corrected chi connectivity index (χ3v) is 5.60. The summed E-state index contributed by atoms with van der Waals surface area (Å²) in [6.07, 6.45) is 1.61. The summed E-state index contributed by atoms with van der Waals surface area (Å²) in [5, 5.41) is 21.4. The van der Waals surface area contributed by atoms with Gasteiger partial charge in [-0.05, 0) is 48.4 Å². The lowest BCUT2D eigenvalue weighted by molar-refractivity contribution is 0.102. The first-order valence-corrected chi connectivity index (χ1v) is 10.8. The number of aromatic hydroxyl groups is 2. The lowest BCUT2D eigenvalue weighted by Gasteiger charge is -2.10. The fourth-order valence-electron chi connectivity index (χ4n) is 2.69. The Kier molecular flexibility index (Phi) is 6.61. The van der Waals surface area contributed by atoms with Crippen LogP contribution in [0.25, 0.3) is 0 Å². The highest BCUT2D eigenvalue weighted by Gasteiger charge is 2.14. The molecule has 0 unspecified atom stereocenters. The molecule has 0 saturated carbocycles. The first kappa shape index (κ1) is 21.9. The summed E-state index contributed by atoms with van der Waals surface area (Å²) in [5.41, 5.74) is 1.26. The van der Waals surface area contributed by atoms with Crippen LogP contribution in [-0.4, -0.2) is 42.4 Å². The molecule has 0 aliphatic heterocycles. The van der Waals surface area contributed by atoms with E-state index in [4.69, 9.17) is 4.74 Å². The van der Waals surface area contributed by atoms with Crippen molar-refractivity contribution in [1.29, 1.82) is 0 Å². The Morgan fingerprint density at radius 2 is 1.77 bits per heavy atom. The zero-order chi connectivity index (χ0) is 22.4. The first-order valence-electron chi connectivity index (χ1n) is 9.18. The number of nitrogens with zero attached hydrogens (tertiary/aromatic N) is 1. The van der Waals surface area contributed by atoms with Gasteiger partial charge in [0.05, 0.1) is 12.9 Å². The van der Waals surface area contributed by atoms with Crippen LogP contribution in [-0.2, 0) is 16.4 Å². The van der Waals surface area contributed by atoms with Crippen molar-refractivity contribution in [3.05, 3.63) is 71.9 Å². The molecule has 9 nitrogen and oxygen atoms in total. The van der Waals surface area contributed by atoms with Crippen molar-refractivity contribution in [2.75, 3.05) is 22.9 Å². The van der Waals surface area contributed by atoms with Crippen LogP contribution < -0.4 is 14.8 Å². The molecule has 1 heterocycles. The molecule has 0 aliphatic carbocycles. The molecule has 31 heavy (non-hydrogen) atoms. The number of rotatable bonds is 8. The number of nitrogens with one attached hydrogen (secondary N) is 2. The number of hydrogen-bond donors (Lipinski definition) is 4. The number of sulfonamides is 1. The fraction of sp³-hybridized carbons (Fsp3) is 0.143. The molecule has 3 aromatic rings. The van der Waals surface area contributed by atoms with Crippen LogP contribution in [0, 0.1) is 0 Å². The Balaban J connectivity index is 1.64. The van der Waals surface area contributed by atoms with Gasteiger partial charge >= 0.3 is 0 Å². The minimum absolute atomic E-state index is 0.0101. The van der Waals surface area contributed by atoms with E-state index in [1.807, 2.05) is 0 Å². The quantitative estimate of drug-likeness (QED) is 0.310. The van der Waals surface area contributed by atoms with Crippen molar-refractivity contribution in [1.82, 2.24) is 4.98 Å². The molecule has 0 bridgehead atoms. The molecule has 162 valence electrons. The van der Waals surface area contributed by atoms with Gasteiger partial charge < -0.3 is 20.3 Å². The molecule has 1 aromatic heterocycles. The van der Waals surface area contributed by atoms with Crippen LogP contribution in [0.4, 0.5) is 11.5 Å². The number of hydrogen-bond acceptors (Lipinski definition) is 7. The van der Waals surface area contributed by atoms with E-state index in [0.29, 0.717) is 12.2 Å². The number of ether oxygens (including phenoxy) is 1. The smallest absolute Gasteiger partial charge is 0.255 e. The summed E-state index contributed by atoms with van der Waals surface area (Å²) in [6.45, 7) is 0. The highest BCUT2D eigenvalue weighted by atomic mass is 32.2. The van der Waals surface area contributed by atoms with E-state index in [-0.39, 0.29) is 34.3 Å². The molecule has 10 heteroatoms. The van der Waals surface area contributed by atoms with Crippen molar-refractivity contribution >= 4 is 27.4 Å². The molecule has 0 spiro atoms. The number of pyridine rings is 1. The van der Waals surface area contributed by atoms with Gasteiger partial charge in [0.15, 0.2) is 11.5 Å². The standard InChI is InChI=1S/C21H21N3O6S/c1-30-17-5-2-14(3-6-17)9-11-31(28,29)24-20-12-15(8-10-22-20)21(27)23-16-4-7-18(25)19(26)13-16/h2-8,10,12-13,25-26H,9,11H2,1H3,(H,22,24)(H,23,27). The van der Waals surface area contributed by atoms with E-state index in [2.05, 4.69) is 15.0 Å². The number of methoxy groups -OCH3 is 1. The van der Waals surface area contributed by atoms with Gasteiger partial charge in [-0.15, -0.1) is 0 Å². The molecule has 0 atom stereocenters. The molecule has 0 fully saturated rings. The van der Waals surface area contributed by atoms with Gasteiger partial charge in [-0.3, -0.25) is 9.52 Å². The second-order valence-electron chi connectivity index (χ2n) is 6.61. The number of aromatic nitrogens is 1. The van der Waals surface area contributed by atoms with E-state index >= 15 is 0 Å². The number of phenolic OH excluding ortho intramolecular Hbond substituents is 2. The normalized spacial score (nSPS) is 11.0. The number of aryl methyl sites for hydroxylation is 1. The van der Waals surface area contributed by atoms with Crippen molar-refractivity contribution in [3.8, 4) is 17.2 Å². The van der Waals surface area contributed by atoms with Crippen molar-refractivity contribution < 1.29 is 28.2 Å². The minimum Gasteiger partial charge on any atom is -0.504 e. The van der Waals surface area contributed by atoms with Crippen LogP contribution in [0.1, 0.15) is 15.9 Å². The van der Waals surface area contributed by atoms with E-state index in [1.54, 1.807) is 31.4 Å². The maximum absolute atomic E-state index is 12.4. The highest BCUT2D eigenvalue weighted by molar-refractivity contribution is 7.92. The van der Waals surface area contributed by atoms with Crippen LogP contribution in [0.5, 0.6) is 17.2 Å². The van der Waals surface area contributed by atoms with Gasteiger partial charge in [0, 0.05) is 23.5 Å². The van der Waals surface area contributed by atoms with Crippen LogP contribution in [0.3, 0.4) is 0 Å². The van der Waals surface area contributed by atoms with Gasteiger partial charge in [-0.1, -0.05) is 12.1 Å². The van der Waals surface area contributed by atoms with Gasteiger partial charge in [0.1, 0.15) is 11.6 Å². The van der Waals surface area contributed by atoms with Gasteiger partial charge in [0.25, 0.3) is 5.91 Å². The number of carbonyl (C=O) groups is 1. The fourth-order valence-corrected chi connectivity index (χ4v) is 3.72. The average molecular weight is 443 g/mol. The van der Waals surface area contributed by atoms with Crippen molar-refractivity contribution in [2.24, 2.45) is 0 Å². The van der Waals surface area contributed by atoms with Gasteiger partial charge in [-0.2, -0.15) is 0 Å². The number of phenols is 2. The second-order valence-corrected chi connectivity index (χ2v) is 8.45. The predicted octanol–water partition coefficient (Wildman–Crippen LogP) is 2.74. The lowest BCUT2D eigenvalue weighted by Crippen LogP contribution is -2.19. The van der Waals surface area contributed by atoms with Crippen molar-refractivity contribution in [3.63, 3.8) is 0 Å². The SMILES string of the molecule is COc1ccc(CCS(=O)(=O)Nc2cc(C(=O)Nc3ccc(O)c(O)c3)ccn2)cc1. The van der Waals surface area contributed by atoms with Crippen LogP contribution in [0.15, 0.2) is 60.8 Å². The molecule has 0 radical (unpaired) electrons. The molecule has 0 saturated heterocycles. The summed E-state index contributed by atoms with van der Waals surface area (Å²) >= 11 is 0. The summed E-state index contributed by atoms with van der Waals surface area (Å²) in [6, 6.07) is 13.7. The van der Waals surface area contributed by atoms with Crippen molar-refractivity contribution in [2.45, 2.75) is 6.42 Å². The summed E-state index contributed by atoms with van der Waals surface area (Å²) in [5.74, 6) is -0.691. The molecule has 3 rings (SSSR count). The van der Waals surface area contributed by atoms with E-state index < -0.39 is 15.9 Å². The number of carbonyl (C=O) groups excluding carboxylic acids is 1. The average Bonchev–Trinajstić information content (AvgIpc) is 2.75. The van der Waals surface area contributed by atoms with E-state index in [9.17, 15) is 23.4 Å². The van der Waals surface area contributed by atoms with Gasteiger partial charge in [0.2, 0.25) is 10.0 Å². The molecular formula is C21H21N3O6S. The maximum atomic E-state index is 12.4. The zero-order valence-electron chi connectivity index (χ0n) is 16.6. The second kappa shape index (κ2) is 9.35. The predicted molar refractivity (Wildman–Crippen MR) is 116 cm³/mol. The Hall–Kier alpha value is -3.79. The number of anilines is 2. The van der Waals surface area contributed by atoms with Crippen LogP contribution in [0.2, 0.25) is 0 Å². The molecule has 4 N–H and O–H groups in total. The maximum Gasteiger partial charge on any atom is 0.255 e. The molecule has 2 aromatic carbocycles. The largest absolute Gasteiger partial charge is 0.504 e. The van der Waals surface area contributed by atoms with E-state index in [0.717, 1.165) is 5.56 Å². The third-order valence-electron chi connectivity index (χ3n) is 4.33. The topological polar surface area (TPSA) is 138 Å². The minimum atomic E-state index is -3.70. The summed E-state index contributed by atoms with van der Waals surface area (Å²) in [4.78, 5) is 16.4. The van der Waals surface area contributed by atoms with E-state index in [1.165, 1.54) is 36.5 Å². The molecule has 1 amide bonds.